The van der Waals surface area contributed by atoms with E-state index >= 15 is 0 Å². The lowest BCUT2D eigenvalue weighted by atomic mass is 9.92. The Balaban J connectivity index is 2.04. The molecular formula is C13H9BrINS. The minimum atomic E-state index is 1.09. The first-order chi connectivity index (χ1) is 8.22. The standard InChI is InChI=1S/C13H9BrINS/c14-11-4-3-8-1-2-9(5-10(8)6-11)13-16-12(15)7-17-13/h3-7H,1-2H2. The van der Waals surface area contributed by atoms with Gasteiger partial charge in [-0.05, 0) is 70.3 Å². The van der Waals surface area contributed by atoms with Gasteiger partial charge in [0.2, 0.25) is 0 Å². The van der Waals surface area contributed by atoms with Crippen molar-refractivity contribution in [1.82, 2.24) is 4.98 Å². The van der Waals surface area contributed by atoms with Gasteiger partial charge in [0.15, 0.2) is 0 Å². The summed E-state index contributed by atoms with van der Waals surface area (Å²) in [4.78, 5) is 4.55. The van der Waals surface area contributed by atoms with Crippen LogP contribution in [0, 0.1) is 3.70 Å². The molecule has 1 nitrogen and oxygen atoms in total. The number of thiazole rings is 1. The van der Waals surface area contributed by atoms with E-state index < -0.39 is 0 Å². The van der Waals surface area contributed by atoms with E-state index in [4.69, 9.17) is 0 Å². The molecule has 0 aliphatic heterocycles. The van der Waals surface area contributed by atoms with Crippen LogP contribution in [-0.2, 0) is 6.42 Å². The molecule has 0 bridgehead atoms. The molecule has 17 heavy (non-hydrogen) atoms. The van der Waals surface area contributed by atoms with Crippen molar-refractivity contribution in [3.63, 3.8) is 0 Å². The fraction of sp³-hybridized carbons (Fsp3) is 0.154. The van der Waals surface area contributed by atoms with Gasteiger partial charge in [-0.2, -0.15) is 0 Å². The average Bonchev–Trinajstić information content (AvgIpc) is 2.75. The van der Waals surface area contributed by atoms with Gasteiger partial charge in [0.25, 0.3) is 0 Å². The number of benzene rings is 1. The van der Waals surface area contributed by atoms with Gasteiger partial charge in [-0.25, -0.2) is 4.98 Å². The summed E-state index contributed by atoms with van der Waals surface area (Å²) < 4.78 is 2.23. The molecule has 0 N–H and O–H groups in total. The molecule has 86 valence electrons. The highest BCUT2D eigenvalue weighted by atomic mass is 127. The highest BCUT2D eigenvalue weighted by molar-refractivity contribution is 14.1. The Morgan fingerprint density at radius 3 is 2.94 bits per heavy atom. The van der Waals surface area contributed by atoms with Gasteiger partial charge < -0.3 is 0 Å². The molecule has 2 aromatic rings. The first kappa shape index (κ1) is 11.9. The molecule has 1 heterocycles. The Bertz CT molecular complexity index is 603. The van der Waals surface area contributed by atoms with Crippen LogP contribution in [0.4, 0.5) is 0 Å². The monoisotopic (exact) mass is 417 g/mol. The molecule has 1 aromatic heterocycles. The maximum absolute atomic E-state index is 4.55. The lowest BCUT2D eigenvalue weighted by Gasteiger charge is -2.15. The average molecular weight is 418 g/mol. The van der Waals surface area contributed by atoms with Crippen LogP contribution < -0.4 is 0 Å². The Hall–Kier alpha value is -0.200. The molecule has 1 aliphatic carbocycles. The van der Waals surface area contributed by atoms with Crippen LogP contribution in [0.25, 0.3) is 11.6 Å². The zero-order chi connectivity index (χ0) is 11.8. The molecule has 0 saturated heterocycles. The van der Waals surface area contributed by atoms with Crippen LogP contribution in [0.15, 0.2) is 28.1 Å². The van der Waals surface area contributed by atoms with E-state index in [0.717, 1.165) is 21.0 Å². The zero-order valence-electron chi connectivity index (χ0n) is 8.91. The van der Waals surface area contributed by atoms with E-state index in [0.29, 0.717) is 0 Å². The number of aromatic nitrogens is 1. The van der Waals surface area contributed by atoms with Crippen molar-refractivity contribution in [2.24, 2.45) is 0 Å². The second-order valence-corrected chi connectivity index (χ2v) is 6.87. The normalized spacial score (nSPS) is 14.4. The van der Waals surface area contributed by atoms with Crippen LogP contribution >= 0.6 is 49.9 Å². The quantitative estimate of drug-likeness (QED) is 0.595. The Kier molecular flexibility index (Phi) is 3.36. The summed E-state index contributed by atoms with van der Waals surface area (Å²) in [6.45, 7) is 0. The smallest absolute Gasteiger partial charge is 0.120 e. The minimum Gasteiger partial charge on any atom is -0.230 e. The lowest BCUT2D eigenvalue weighted by molar-refractivity contribution is 0.996. The maximum atomic E-state index is 4.55. The SMILES string of the molecule is Brc1ccc2c(c1)C=C(c1nc(I)cs1)CC2. The molecular weight excluding hydrogens is 409 g/mol. The number of aryl methyl sites for hydroxylation is 1. The molecule has 1 aliphatic rings. The third-order valence-corrected chi connectivity index (χ3v) is 5.24. The van der Waals surface area contributed by atoms with E-state index in [9.17, 15) is 0 Å². The van der Waals surface area contributed by atoms with Crippen molar-refractivity contribution in [3.8, 4) is 0 Å². The van der Waals surface area contributed by atoms with E-state index in [1.54, 1.807) is 11.3 Å². The van der Waals surface area contributed by atoms with Gasteiger partial charge in [0.1, 0.15) is 8.71 Å². The van der Waals surface area contributed by atoms with Gasteiger partial charge >= 0.3 is 0 Å². The molecule has 0 saturated carbocycles. The first-order valence-corrected chi connectivity index (χ1v) is 8.08. The Morgan fingerprint density at radius 2 is 2.18 bits per heavy atom. The number of rotatable bonds is 1. The first-order valence-electron chi connectivity index (χ1n) is 5.33. The van der Waals surface area contributed by atoms with Gasteiger partial charge in [0, 0.05) is 9.85 Å². The largest absolute Gasteiger partial charge is 0.230 e. The molecule has 3 rings (SSSR count). The number of fused-ring (bicyclic) bond motifs is 1. The zero-order valence-corrected chi connectivity index (χ0v) is 13.5. The second-order valence-electron chi connectivity index (χ2n) is 3.99. The van der Waals surface area contributed by atoms with Crippen LogP contribution in [0.1, 0.15) is 22.6 Å². The summed E-state index contributed by atoms with van der Waals surface area (Å²) in [5, 5.41) is 3.27. The van der Waals surface area contributed by atoms with E-state index in [1.807, 2.05) is 0 Å². The van der Waals surface area contributed by atoms with Crippen LogP contribution in [-0.4, -0.2) is 4.98 Å². The summed E-state index contributed by atoms with van der Waals surface area (Å²) in [6.07, 6.45) is 4.49. The van der Waals surface area contributed by atoms with Crippen molar-refractivity contribution < 1.29 is 0 Å². The fourth-order valence-corrected chi connectivity index (χ4v) is 3.92. The minimum absolute atomic E-state index is 1.09. The van der Waals surface area contributed by atoms with E-state index in [-0.39, 0.29) is 0 Å². The third kappa shape index (κ3) is 2.48. The van der Waals surface area contributed by atoms with Crippen molar-refractivity contribution in [2.75, 3.05) is 0 Å². The van der Waals surface area contributed by atoms with Gasteiger partial charge in [0.05, 0.1) is 0 Å². The van der Waals surface area contributed by atoms with Gasteiger partial charge in [-0.1, -0.05) is 22.0 Å². The maximum Gasteiger partial charge on any atom is 0.120 e. The number of halogens is 2. The van der Waals surface area contributed by atoms with Crippen molar-refractivity contribution in [3.05, 3.63) is 47.9 Å². The molecule has 0 spiro atoms. The number of allylic oxidation sites excluding steroid dienone is 1. The fourth-order valence-electron chi connectivity index (χ4n) is 2.03. The molecule has 0 amide bonds. The Labute approximate surface area is 126 Å². The van der Waals surface area contributed by atoms with Gasteiger partial charge in [-0.15, -0.1) is 11.3 Å². The predicted octanol–water partition coefficient (Wildman–Crippen LogP) is 5.00. The molecule has 4 heteroatoms. The lowest BCUT2D eigenvalue weighted by Crippen LogP contribution is -1.98. The van der Waals surface area contributed by atoms with Crippen LogP contribution in [0.2, 0.25) is 0 Å². The topological polar surface area (TPSA) is 12.9 Å². The Morgan fingerprint density at radius 1 is 1.29 bits per heavy atom. The summed E-state index contributed by atoms with van der Waals surface area (Å²) in [5.41, 5.74) is 4.12. The molecule has 0 unspecified atom stereocenters. The molecule has 0 radical (unpaired) electrons. The summed E-state index contributed by atoms with van der Waals surface area (Å²) in [6, 6.07) is 6.51. The molecule has 0 fully saturated rings. The number of hydrogen-bond donors (Lipinski definition) is 0. The van der Waals surface area contributed by atoms with Crippen LogP contribution in [0.3, 0.4) is 0 Å². The van der Waals surface area contributed by atoms with Crippen molar-refractivity contribution in [2.45, 2.75) is 12.8 Å². The second kappa shape index (κ2) is 4.82. The van der Waals surface area contributed by atoms with Crippen LogP contribution in [0.5, 0.6) is 0 Å². The van der Waals surface area contributed by atoms with E-state index in [1.165, 1.54) is 21.7 Å². The predicted molar refractivity (Wildman–Crippen MR) is 85.2 cm³/mol. The number of hydrogen-bond acceptors (Lipinski definition) is 2. The highest BCUT2D eigenvalue weighted by Gasteiger charge is 2.14. The summed E-state index contributed by atoms with van der Waals surface area (Å²) in [7, 11) is 0. The highest BCUT2D eigenvalue weighted by Crippen LogP contribution is 2.33. The van der Waals surface area contributed by atoms with E-state index in [2.05, 4.69) is 73.2 Å². The van der Waals surface area contributed by atoms with Crippen molar-refractivity contribution in [1.29, 1.82) is 0 Å². The summed E-state index contributed by atoms with van der Waals surface area (Å²) >= 11 is 7.53. The summed E-state index contributed by atoms with van der Waals surface area (Å²) in [5.74, 6) is 0. The third-order valence-electron chi connectivity index (χ3n) is 2.85. The van der Waals surface area contributed by atoms with Crippen molar-refractivity contribution >= 4 is 61.5 Å². The molecule has 0 atom stereocenters. The number of nitrogens with zero attached hydrogens (tertiary/aromatic N) is 1. The molecule has 1 aromatic carbocycles. The van der Waals surface area contributed by atoms with Gasteiger partial charge in [-0.3, -0.25) is 0 Å².